The number of halogens is 2. The van der Waals surface area contributed by atoms with Crippen molar-refractivity contribution in [2.45, 2.75) is 26.2 Å². The predicted molar refractivity (Wildman–Crippen MR) is 114 cm³/mol. The molecule has 0 aliphatic heterocycles. The molecule has 0 bridgehead atoms. The Balaban J connectivity index is 1.82. The van der Waals surface area contributed by atoms with Gasteiger partial charge in [0.15, 0.2) is 11.7 Å². The van der Waals surface area contributed by atoms with Crippen LogP contribution in [0.3, 0.4) is 0 Å². The fourth-order valence-electron chi connectivity index (χ4n) is 2.10. The van der Waals surface area contributed by atoms with E-state index in [-0.39, 0.29) is 23.0 Å². The van der Waals surface area contributed by atoms with Crippen LogP contribution in [0.4, 0.5) is 5.69 Å². The topological polar surface area (TPSA) is 50.4 Å². The van der Waals surface area contributed by atoms with Gasteiger partial charge in [-0.3, -0.25) is 10.1 Å². The summed E-state index contributed by atoms with van der Waals surface area (Å²) in [5.41, 5.74) is 1.96. The van der Waals surface area contributed by atoms with Gasteiger partial charge in [0.2, 0.25) is 0 Å². The number of nitrogens with one attached hydrogen (secondary N) is 2. The number of hydrogen-bond donors (Lipinski definition) is 2. The minimum absolute atomic E-state index is 0.0731. The summed E-state index contributed by atoms with van der Waals surface area (Å²) in [7, 11) is 0. The van der Waals surface area contributed by atoms with Crippen LogP contribution >= 0.6 is 39.7 Å². The molecule has 2 aromatic carbocycles. The Bertz CT molecular complexity index is 804. The van der Waals surface area contributed by atoms with Gasteiger partial charge < -0.3 is 10.1 Å². The van der Waals surface area contributed by atoms with Gasteiger partial charge in [0.1, 0.15) is 5.75 Å². The average molecular weight is 456 g/mol. The SMILES string of the molecule is CC(C)(C)c1ccc(OCC(=O)NC(=S)Nc2ccc(Br)c(Cl)c2)cc1. The number of carbonyl (C=O) groups excluding carboxylic acids is 1. The van der Waals surface area contributed by atoms with Crippen LogP contribution in [0.15, 0.2) is 46.9 Å². The van der Waals surface area contributed by atoms with Gasteiger partial charge in [0.25, 0.3) is 5.91 Å². The van der Waals surface area contributed by atoms with Gasteiger partial charge in [-0.25, -0.2) is 0 Å². The van der Waals surface area contributed by atoms with E-state index in [0.717, 1.165) is 4.47 Å². The van der Waals surface area contributed by atoms with E-state index in [1.54, 1.807) is 18.2 Å². The normalized spacial score (nSPS) is 11.0. The molecule has 0 aliphatic rings. The molecular weight excluding hydrogens is 436 g/mol. The highest BCUT2D eigenvalue weighted by Crippen LogP contribution is 2.25. The number of thiocarbonyl (C=S) groups is 1. The summed E-state index contributed by atoms with van der Waals surface area (Å²) in [6.45, 7) is 6.30. The predicted octanol–water partition coefficient (Wildman–Crippen LogP) is 5.29. The van der Waals surface area contributed by atoms with Crippen molar-refractivity contribution in [3.05, 3.63) is 57.5 Å². The maximum Gasteiger partial charge on any atom is 0.264 e. The Kier molecular flexibility index (Phi) is 7.03. The zero-order chi connectivity index (χ0) is 19.3. The molecule has 2 aromatic rings. The van der Waals surface area contributed by atoms with E-state index < -0.39 is 0 Å². The van der Waals surface area contributed by atoms with E-state index in [4.69, 9.17) is 28.6 Å². The lowest BCUT2D eigenvalue weighted by molar-refractivity contribution is -0.121. The summed E-state index contributed by atoms with van der Waals surface area (Å²) in [6.07, 6.45) is 0. The Morgan fingerprint density at radius 1 is 1.19 bits per heavy atom. The highest BCUT2D eigenvalue weighted by Gasteiger charge is 2.13. The van der Waals surface area contributed by atoms with E-state index in [0.29, 0.717) is 16.5 Å². The Hall–Kier alpha value is -1.63. The van der Waals surface area contributed by atoms with E-state index >= 15 is 0 Å². The number of carbonyl (C=O) groups is 1. The molecule has 0 saturated carbocycles. The first kappa shape index (κ1) is 20.7. The molecule has 2 N–H and O–H groups in total. The fraction of sp³-hybridized carbons (Fsp3) is 0.263. The molecule has 0 radical (unpaired) electrons. The van der Waals surface area contributed by atoms with Crippen molar-refractivity contribution < 1.29 is 9.53 Å². The number of rotatable bonds is 4. The number of ether oxygens (including phenoxy) is 1. The standard InChI is InChI=1S/C19H20BrClN2O2S/c1-19(2,3)12-4-7-14(8-5-12)25-11-17(24)23-18(26)22-13-6-9-15(20)16(21)10-13/h4-10H,11H2,1-3H3,(H2,22,23,24,26). The van der Waals surface area contributed by atoms with Gasteiger partial charge in [0, 0.05) is 10.2 Å². The molecule has 0 fully saturated rings. The largest absolute Gasteiger partial charge is 0.484 e. The van der Waals surface area contributed by atoms with E-state index in [1.165, 1.54) is 5.56 Å². The van der Waals surface area contributed by atoms with Crippen LogP contribution in [0, 0.1) is 0 Å². The zero-order valence-electron chi connectivity index (χ0n) is 14.7. The molecule has 26 heavy (non-hydrogen) atoms. The molecule has 0 heterocycles. The number of anilines is 1. The summed E-state index contributed by atoms with van der Waals surface area (Å²) in [5, 5.41) is 6.20. The first-order valence-corrected chi connectivity index (χ1v) is 9.52. The van der Waals surface area contributed by atoms with E-state index in [9.17, 15) is 4.79 Å². The zero-order valence-corrected chi connectivity index (χ0v) is 17.9. The quantitative estimate of drug-likeness (QED) is 0.615. The highest BCUT2D eigenvalue weighted by atomic mass is 79.9. The summed E-state index contributed by atoms with van der Waals surface area (Å²) in [4.78, 5) is 12.0. The van der Waals surface area contributed by atoms with Crippen LogP contribution < -0.4 is 15.4 Å². The monoisotopic (exact) mass is 454 g/mol. The molecule has 2 rings (SSSR count). The number of hydrogen-bond acceptors (Lipinski definition) is 3. The molecule has 0 spiro atoms. The Morgan fingerprint density at radius 3 is 2.42 bits per heavy atom. The van der Waals surface area contributed by atoms with Crippen LogP contribution in [0.25, 0.3) is 0 Å². The van der Waals surface area contributed by atoms with Crippen molar-refractivity contribution in [2.24, 2.45) is 0 Å². The number of amides is 1. The third-order valence-electron chi connectivity index (χ3n) is 3.52. The molecule has 0 aromatic heterocycles. The maximum atomic E-state index is 12.0. The summed E-state index contributed by atoms with van der Waals surface area (Å²) >= 11 is 14.5. The van der Waals surface area contributed by atoms with Crippen LogP contribution in [-0.2, 0) is 10.2 Å². The Labute approximate surface area is 172 Å². The molecule has 1 amide bonds. The second-order valence-corrected chi connectivity index (χ2v) is 8.36. The van der Waals surface area contributed by atoms with Gasteiger partial charge in [0.05, 0.1) is 5.02 Å². The lowest BCUT2D eigenvalue weighted by Gasteiger charge is -2.19. The summed E-state index contributed by atoms with van der Waals surface area (Å²) in [6, 6.07) is 13.0. The smallest absolute Gasteiger partial charge is 0.264 e. The minimum Gasteiger partial charge on any atom is -0.484 e. The van der Waals surface area contributed by atoms with Crippen molar-refractivity contribution >= 4 is 56.5 Å². The first-order valence-electron chi connectivity index (χ1n) is 7.94. The molecule has 138 valence electrons. The van der Waals surface area contributed by atoms with Gasteiger partial charge in [-0.05, 0) is 69.5 Å². The lowest BCUT2D eigenvalue weighted by atomic mass is 9.87. The molecular formula is C19H20BrClN2O2S. The van der Waals surface area contributed by atoms with E-state index in [2.05, 4.69) is 47.3 Å². The number of benzene rings is 2. The second kappa shape index (κ2) is 8.84. The van der Waals surface area contributed by atoms with Crippen LogP contribution in [0.5, 0.6) is 5.75 Å². The highest BCUT2D eigenvalue weighted by molar-refractivity contribution is 9.10. The van der Waals surface area contributed by atoms with Crippen molar-refractivity contribution in [1.82, 2.24) is 5.32 Å². The van der Waals surface area contributed by atoms with Crippen LogP contribution in [0.2, 0.25) is 5.02 Å². The third-order valence-corrected chi connectivity index (χ3v) is 4.96. The van der Waals surface area contributed by atoms with Crippen LogP contribution in [0.1, 0.15) is 26.3 Å². The summed E-state index contributed by atoms with van der Waals surface area (Å²) in [5.74, 6) is 0.289. The minimum atomic E-state index is -0.342. The van der Waals surface area contributed by atoms with Crippen molar-refractivity contribution in [1.29, 1.82) is 0 Å². The van der Waals surface area contributed by atoms with Crippen molar-refractivity contribution in [3.63, 3.8) is 0 Å². The first-order chi connectivity index (χ1) is 12.1. The maximum absolute atomic E-state index is 12.0. The van der Waals surface area contributed by atoms with Crippen molar-refractivity contribution in [2.75, 3.05) is 11.9 Å². The fourth-order valence-corrected chi connectivity index (χ4v) is 2.76. The van der Waals surface area contributed by atoms with Gasteiger partial charge in [-0.15, -0.1) is 0 Å². The second-order valence-electron chi connectivity index (χ2n) is 6.69. The molecule has 0 aliphatic carbocycles. The molecule has 0 saturated heterocycles. The lowest BCUT2D eigenvalue weighted by Crippen LogP contribution is -2.37. The van der Waals surface area contributed by atoms with Gasteiger partial charge >= 0.3 is 0 Å². The van der Waals surface area contributed by atoms with Gasteiger partial charge in [-0.1, -0.05) is 44.5 Å². The molecule has 0 atom stereocenters. The van der Waals surface area contributed by atoms with Crippen molar-refractivity contribution in [3.8, 4) is 5.75 Å². The average Bonchev–Trinajstić information content (AvgIpc) is 2.56. The molecule has 0 unspecified atom stereocenters. The third kappa shape index (κ3) is 6.27. The van der Waals surface area contributed by atoms with E-state index in [1.807, 2.05) is 24.3 Å². The Morgan fingerprint density at radius 2 is 1.85 bits per heavy atom. The van der Waals surface area contributed by atoms with Gasteiger partial charge in [-0.2, -0.15) is 0 Å². The molecule has 4 nitrogen and oxygen atoms in total. The van der Waals surface area contributed by atoms with Crippen LogP contribution in [-0.4, -0.2) is 17.6 Å². The summed E-state index contributed by atoms with van der Waals surface area (Å²) < 4.78 is 6.28. The molecule has 7 heteroatoms.